The van der Waals surface area contributed by atoms with Gasteiger partial charge >= 0.3 is 6.09 Å². The van der Waals surface area contributed by atoms with Crippen LogP contribution in [0, 0.1) is 0 Å². The molecule has 31 heavy (non-hydrogen) atoms. The van der Waals surface area contributed by atoms with E-state index in [0.29, 0.717) is 41.3 Å². The van der Waals surface area contributed by atoms with Gasteiger partial charge in [-0.25, -0.2) is 9.78 Å². The molecule has 1 aliphatic carbocycles. The van der Waals surface area contributed by atoms with E-state index in [0.717, 1.165) is 35.8 Å². The van der Waals surface area contributed by atoms with Gasteiger partial charge in [-0.15, -0.1) is 0 Å². The second kappa shape index (κ2) is 7.54. The number of fused-ring (bicyclic) bond motifs is 5. The minimum absolute atomic E-state index is 0.121. The summed E-state index contributed by atoms with van der Waals surface area (Å²) in [6, 6.07) is 7.30. The van der Waals surface area contributed by atoms with Crippen LogP contribution in [-0.4, -0.2) is 58.1 Å². The summed E-state index contributed by atoms with van der Waals surface area (Å²) in [7, 11) is 1.60. The SMILES string of the molecule is COc1ccc2c3c(c(NCC4CCCCN4C(=O)O)nc2c1)C(=O)c1cnccc1-3. The highest BCUT2D eigenvalue weighted by molar-refractivity contribution is 6.27. The monoisotopic (exact) mass is 418 g/mol. The fraction of sp³-hybridized carbons (Fsp3) is 0.304. The Morgan fingerprint density at radius 2 is 2.13 bits per heavy atom. The van der Waals surface area contributed by atoms with Crippen LogP contribution in [0.5, 0.6) is 5.75 Å². The lowest BCUT2D eigenvalue weighted by Crippen LogP contribution is -2.46. The Bertz CT molecular complexity index is 1210. The number of ether oxygens (including phenoxy) is 1. The lowest BCUT2D eigenvalue weighted by Gasteiger charge is -2.33. The first-order chi connectivity index (χ1) is 15.1. The Labute approximate surface area is 178 Å². The highest BCUT2D eigenvalue weighted by Gasteiger charge is 2.33. The second-order valence-corrected chi connectivity index (χ2v) is 7.85. The first-order valence-corrected chi connectivity index (χ1v) is 10.3. The van der Waals surface area contributed by atoms with Crippen molar-refractivity contribution in [1.29, 1.82) is 0 Å². The molecular weight excluding hydrogens is 396 g/mol. The van der Waals surface area contributed by atoms with Crippen LogP contribution in [0.3, 0.4) is 0 Å². The number of likely N-dealkylation sites (tertiary alicyclic amines) is 1. The Kier molecular flexibility index (Phi) is 4.69. The predicted octanol–water partition coefficient (Wildman–Crippen LogP) is 3.79. The van der Waals surface area contributed by atoms with Gasteiger partial charge in [-0.1, -0.05) is 0 Å². The van der Waals surface area contributed by atoms with Crippen LogP contribution >= 0.6 is 0 Å². The zero-order valence-electron chi connectivity index (χ0n) is 17.1. The number of nitrogens with zero attached hydrogens (tertiary/aromatic N) is 3. The summed E-state index contributed by atoms with van der Waals surface area (Å²) in [4.78, 5) is 35.2. The molecule has 3 heterocycles. The number of carbonyl (C=O) groups is 2. The summed E-state index contributed by atoms with van der Waals surface area (Å²) in [5.41, 5.74) is 3.43. The van der Waals surface area contributed by atoms with E-state index in [1.165, 1.54) is 4.90 Å². The molecule has 0 spiro atoms. The largest absolute Gasteiger partial charge is 0.497 e. The van der Waals surface area contributed by atoms with Gasteiger partial charge in [0.2, 0.25) is 0 Å². The van der Waals surface area contributed by atoms with Crippen molar-refractivity contribution in [3.63, 3.8) is 0 Å². The maximum atomic E-state index is 13.3. The van der Waals surface area contributed by atoms with Gasteiger partial charge in [0, 0.05) is 48.1 Å². The van der Waals surface area contributed by atoms with Crippen LogP contribution < -0.4 is 10.1 Å². The fourth-order valence-electron chi connectivity index (χ4n) is 4.61. The number of pyridine rings is 2. The number of amides is 1. The van der Waals surface area contributed by atoms with Crippen LogP contribution in [0.25, 0.3) is 22.0 Å². The molecule has 0 radical (unpaired) electrons. The van der Waals surface area contributed by atoms with E-state index in [4.69, 9.17) is 9.72 Å². The van der Waals surface area contributed by atoms with Crippen molar-refractivity contribution in [3.05, 3.63) is 47.8 Å². The highest BCUT2D eigenvalue weighted by Crippen LogP contribution is 2.44. The minimum Gasteiger partial charge on any atom is -0.497 e. The molecule has 8 heteroatoms. The Morgan fingerprint density at radius 3 is 2.94 bits per heavy atom. The summed E-state index contributed by atoms with van der Waals surface area (Å²) in [6.07, 6.45) is 4.98. The minimum atomic E-state index is -0.914. The molecule has 1 saturated heterocycles. The van der Waals surface area contributed by atoms with Crippen LogP contribution in [0.15, 0.2) is 36.7 Å². The lowest BCUT2D eigenvalue weighted by molar-refractivity contribution is 0.104. The van der Waals surface area contributed by atoms with E-state index in [2.05, 4.69) is 10.3 Å². The highest BCUT2D eigenvalue weighted by atomic mass is 16.5. The number of aromatic nitrogens is 2. The van der Waals surface area contributed by atoms with Crippen LogP contribution in [0.4, 0.5) is 10.6 Å². The molecule has 1 aromatic carbocycles. The van der Waals surface area contributed by atoms with Crippen LogP contribution in [-0.2, 0) is 0 Å². The van der Waals surface area contributed by atoms with Crippen molar-refractivity contribution in [2.45, 2.75) is 25.3 Å². The van der Waals surface area contributed by atoms with Gasteiger partial charge < -0.3 is 20.1 Å². The zero-order valence-corrected chi connectivity index (χ0v) is 17.1. The maximum Gasteiger partial charge on any atom is 0.407 e. The molecule has 1 atom stereocenters. The molecular formula is C23H22N4O4. The predicted molar refractivity (Wildman–Crippen MR) is 116 cm³/mol. The Morgan fingerprint density at radius 1 is 1.26 bits per heavy atom. The number of carboxylic acid groups (broad SMARTS) is 1. The Hall–Kier alpha value is -3.68. The molecule has 3 aromatic rings. The molecule has 0 bridgehead atoms. The van der Waals surface area contributed by atoms with E-state index < -0.39 is 6.09 Å². The van der Waals surface area contributed by atoms with E-state index in [1.807, 2.05) is 24.3 Å². The number of piperidine rings is 1. The molecule has 1 amide bonds. The van der Waals surface area contributed by atoms with Gasteiger partial charge in [-0.05, 0) is 43.0 Å². The zero-order chi connectivity index (χ0) is 21.5. The second-order valence-electron chi connectivity index (χ2n) is 7.85. The molecule has 0 saturated carbocycles. The lowest BCUT2D eigenvalue weighted by atomic mass is 10.0. The number of ketones is 1. The van der Waals surface area contributed by atoms with E-state index in [1.54, 1.807) is 19.5 Å². The number of benzene rings is 1. The number of hydrogen-bond donors (Lipinski definition) is 2. The third-order valence-electron chi connectivity index (χ3n) is 6.13. The van der Waals surface area contributed by atoms with Gasteiger partial charge in [0.15, 0.2) is 5.78 Å². The van der Waals surface area contributed by atoms with Gasteiger partial charge in [-0.2, -0.15) is 0 Å². The summed E-state index contributed by atoms with van der Waals surface area (Å²) < 4.78 is 5.36. The summed E-state index contributed by atoms with van der Waals surface area (Å²) >= 11 is 0. The molecule has 1 fully saturated rings. The number of rotatable bonds is 4. The molecule has 5 rings (SSSR count). The van der Waals surface area contributed by atoms with Crippen LogP contribution in [0.2, 0.25) is 0 Å². The molecule has 1 unspecified atom stereocenters. The third-order valence-corrected chi connectivity index (χ3v) is 6.13. The van der Waals surface area contributed by atoms with Crippen LogP contribution in [0.1, 0.15) is 35.2 Å². The summed E-state index contributed by atoms with van der Waals surface area (Å²) in [6.45, 7) is 0.918. The van der Waals surface area contributed by atoms with Crippen molar-refractivity contribution in [2.24, 2.45) is 0 Å². The number of carbonyl (C=O) groups excluding carboxylic acids is 1. The molecule has 1 aliphatic heterocycles. The van der Waals surface area contributed by atoms with Gasteiger partial charge in [0.05, 0.1) is 24.2 Å². The number of nitrogens with one attached hydrogen (secondary N) is 1. The number of anilines is 1. The first kappa shape index (κ1) is 19.3. The van der Waals surface area contributed by atoms with E-state index >= 15 is 0 Å². The van der Waals surface area contributed by atoms with Gasteiger partial charge in [-0.3, -0.25) is 9.78 Å². The molecule has 8 nitrogen and oxygen atoms in total. The number of methoxy groups -OCH3 is 1. The van der Waals surface area contributed by atoms with Crippen molar-refractivity contribution in [1.82, 2.24) is 14.9 Å². The average molecular weight is 418 g/mol. The van der Waals surface area contributed by atoms with Crippen molar-refractivity contribution in [3.8, 4) is 16.9 Å². The summed E-state index contributed by atoms with van der Waals surface area (Å²) in [5.74, 6) is 1.02. The normalized spacial score (nSPS) is 17.4. The quantitative estimate of drug-likeness (QED) is 0.519. The third kappa shape index (κ3) is 3.15. The molecule has 2 aliphatic rings. The molecule has 2 N–H and O–H groups in total. The average Bonchev–Trinajstić information content (AvgIpc) is 3.10. The van der Waals surface area contributed by atoms with Crippen molar-refractivity contribution < 1.29 is 19.4 Å². The number of hydrogen-bond acceptors (Lipinski definition) is 6. The fourth-order valence-corrected chi connectivity index (χ4v) is 4.61. The molecule has 2 aromatic heterocycles. The van der Waals surface area contributed by atoms with Gasteiger partial charge in [0.1, 0.15) is 11.6 Å². The Balaban J connectivity index is 1.60. The summed E-state index contributed by atoms with van der Waals surface area (Å²) in [5, 5.41) is 13.7. The first-order valence-electron chi connectivity index (χ1n) is 10.3. The smallest absolute Gasteiger partial charge is 0.407 e. The topological polar surface area (TPSA) is 105 Å². The van der Waals surface area contributed by atoms with E-state index in [9.17, 15) is 14.7 Å². The van der Waals surface area contributed by atoms with E-state index in [-0.39, 0.29) is 11.8 Å². The standard InChI is InChI=1S/C23H22N4O4/c1-31-14-5-6-16-18(10-14)26-22(25-11-13-4-2-3-9-27(13)23(29)30)20-19(16)15-7-8-24-12-17(15)21(20)28/h5-8,10,12-13H,2-4,9,11H2,1H3,(H,25,26)(H,29,30). The van der Waals surface area contributed by atoms with Crippen molar-refractivity contribution >= 4 is 28.6 Å². The molecule has 158 valence electrons. The van der Waals surface area contributed by atoms with Crippen molar-refractivity contribution in [2.75, 3.05) is 25.5 Å². The van der Waals surface area contributed by atoms with Gasteiger partial charge in [0.25, 0.3) is 0 Å². The maximum absolute atomic E-state index is 13.3.